The van der Waals surface area contributed by atoms with Crippen molar-refractivity contribution >= 4 is 19.8 Å². The number of hydrogen-bond acceptors (Lipinski definition) is 9. The monoisotopic (exact) mass is 694 g/mol. The molecule has 3 N–H and O–H groups in total. The minimum atomic E-state index is -4.60. The average molecular weight is 695 g/mol. The van der Waals surface area contributed by atoms with E-state index in [1.807, 2.05) is 0 Å². The zero-order chi connectivity index (χ0) is 35.2. The SMILES string of the molecule is CCC(C)CCCCCCCCC(=O)OC[C@H](COP(=O)(O)OC[C@@H](O)CO)OC(=O)CCCCCCCCCCCCCC(C)C. The number of aliphatic hydroxyl groups excluding tert-OH is 2. The summed E-state index contributed by atoms with van der Waals surface area (Å²) in [5.41, 5.74) is 0. The van der Waals surface area contributed by atoms with Crippen molar-refractivity contribution < 1.29 is 47.8 Å². The van der Waals surface area contributed by atoms with Gasteiger partial charge in [-0.1, -0.05) is 143 Å². The third-order valence-corrected chi connectivity index (χ3v) is 9.43. The number of phosphoric ester groups is 1. The van der Waals surface area contributed by atoms with Crippen LogP contribution in [0.3, 0.4) is 0 Å². The zero-order valence-corrected chi connectivity index (χ0v) is 31.2. The van der Waals surface area contributed by atoms with Crippen LogP contribution in [0.5, 0.6) is 0 Å². The van der Waals surface area contributed by atoms with E-state index in [4.69, 9.17) is 19.1 Å². The number of carbonyl (C=O) groups is 2. The predicted molar refractivity (Wildman–Crippen MR) is 187 cm³/mol. The van der Waals surface area contributed by atoms with Crippen LogP contribution in [-0.2, 0) is 32.7 Å². The van der Waals surface area contributed by atoms with Gasteiger partial charge < -0.3 is 24.6 Å². The van der Waals surface area contributed by atoms with Crippen molar-refractivity contribution in [3.05, 3.63) is 0 Å². The van der Waals surface area contributed by atoms with Crippen molar-refractivity contribution in [2.75, 3.05) is 26.4 Å². The molecule has 0 bridgehead atoms. The lowest BCUT2D eigenvalue weighted by molar-refractivity contribution is -0.161. The normalized spacial score (nSPS) is 14.9. The van der Waals surface area contributed by atoms with E-state index < -0.39 is 51.8 Å². The summed E-state index contributed by atoms with van der Waals surface area (Å²) in [6.07, 6.45) is 20.9. The lowest BCUT2D eigenvalue weighted by Crippen LogP contribution is -2.29. The van der Waals surface area contributed by atoms with Gasteiger partial charge in [0.1, 0.15) is 12.7 Å². The minimum Gasteiger partial charge on any atom is -0.462 e. The average Bonchev–Trinajstić information content (AvgIpc) is 3.04. The third-order valence-electron chi connectivity index (χ3n) is 8.48. The van der Waals surface area contributed by atoms with Gasteiger partial charge in [-0.15, -0.1) is 0 Å². The van der Waals surface area contributed by atoms with E-state index in [-0.39, 0.29) is 19.4 Å². The molecule has 47 heavy (non-hydrogen) atoms. The summed E-state index contributed by atoms with van der Waals surface area (Å²) in [7, 11) is -4.60. The molecule has 0 aliphatic heterocycles. The van der Waals surface area contributed by atoms with Gasteiger partial charge >= 0.3 is 19.8 Å². The van der Waals surface area contributed by atoms with Gasteiger partial charge in [-0.2, -0.15) is 0 Å². The maximum atomic E-state index is 12.5. The largest absolute Gasteiger partial charge is 0.472 e. The summed E-state index contributed by atoms with van der Waals surface area (Å²) in [5, 5.41) is 18.2. The first kappa shape index (κ1) is 46.0. The van der Waals surface area contributed by atoms with E-state index in [2.05, 4.69) is 32.2 Å². The smallest absolute Gasteiger partial charge is 0.462 e. The van der Waals surface area contributed by atoms with E-state index >= 15 is 0 Å². The van der Waals surface area contributed by atoms with Gasteiger partial charge in [0.25, 0.3) is 0 Å². The summed E-state index contributed by atoms with van der Waals surface area (Å²) in [6.45, 7) is 6.96. The molecule has 0 aromatic rings. The van der Waals surface area contributed by atoms with Crippen LogP contribution < -0.4 is 0 Å². The Morgan fingerprint density at radius 2 is 1.09 bits per heavy atom. The summed E-state index contributed by atoms with van der Waals surface area (Å²) < 4.78 is 32.5. The van der Waals surface area contributed by atoms with E-state index in [0.717, 1.165) is 50.4 Å². The van der Waals surface area contributed by atoms with Crippen molar-refractivity contribution in [3.8, 4) is 0 Å². The minimum absolute atomic E-state index is 0.189. The molecule has 0 heterocycles. The lowest BCUT2D eigenvalue weighted by Gasteiger charge is -2.20. The second-order valence-electron chi connectivity index (χ2n) is 13.7. The first-order valence-electron chi connectivity index (χ1n) is 18.7. The molecule has 0 aliphatic rings. The van der Waals surface area contributed by atoms with Crippen molar-refractivity contribution in [1.29, 1.82) is 0 Å². The molecule has 0 radical (unpaired) electrons. The van der Waals surface area contributed by atoms with Crippen LogP contribution in [0.1, 0.15) is 169 Å². The fraction of sp³-hybridized carbons (Fsp3) is 0.944. The van der Waals surface area contributed by atoms with Gasteiger partial charge in [0, 0.05) is 12.8 Å². The topological polar surface area (TPSA) is 149 Å². The van der Waals surface area contributed by atoms with Crippen LogP contribution in [0, 0.1) is 11.8 Å². The highest BCUT2D eigenvalue weighted by Crippen LogP contribution is 2.43. The van der Waals surface area contributed by atoms with Gasteiger partial charge in [-0.05, 0) is 24.7 Å². The van der Waals surface area contributed by atoms with Crippen LogP contribution in [-0.4, -0.2) is 65.7 Å². The van der Waals surface area contributed by atoms with E-state index in [1.165, 1.54) is 77.0 Å². The summed E-state index contributed by atoms with van der Waals surface area (Å²) >= 11 is 0. The fourth-order valence-electron chi connectivity index (χ4n) is 5.15. The van der Waals surface area contributed by atoms with Crippen molar-refractivity contribution in [3.63, 3.8) is 0 Å². The van der Waals surface area contributed by atoms with Crippen molar-refractivity contribution in [2.45, 2.75) is 181 Å². The zero-order valence-electron chi connectivity index (χ0n) is 30.3. The molecule has 0 saturated carbocycles. The first-order chi connectivity index (χ1) is 22.5. The van der Waals surface area contributed by atoms with Crippen LogP contribution >= 0.6 is 7.82 Å². The van der Waals surface area contributed by atoms with E-state index in [9.17, 15) is 24.2 Å². The Balaban J connectivity index is 4.37. The standard InChI is InChI=1S/C36H71O10P/c1-5-32(4)24-20-16-13-14-17-21-25-35(39)43-29-34(30-45-47(41,42)44-28-33(38)27-37)46-36(40)26-22-18-12-10-8-6-7-9-11-15-19-23-31(2)3/h31-34,37-38H,5-30H2,1-4H3,(H,41,42)/t32?,33-,34+/m0/s1. The summed E-state index contributed by atoms with van der Waals surface area (Å²) in [4.78, 5) is 34.7. The number of rotatable bonds is 34. The van der Waals surface area contributed by atoms with E-state index in [1.54, 1.807) is 0 Å². The maximum Gasteiger partial charge on any atom is 0.472 e. The van der Waals surface area contributed by atoms with Gasteiger partial charge in [0.2, 0.25) is 0 Å². The molecule has 0 spiro atoms. The van der Waals surface area contributed by atoms with Crippen LogP contribution in [0.2, 0.25) is 0 Å². The quantitative estimate of drug-likeness (QED) is 0.0339. The molecule has 0 saturated heterocycles. The number of ether oxygens (including phenoxy) is 2. The number of hydrogen-bond donors (Lipinski definition) is 3. The molecule has 0 aromatic heterocycles. The van der Waals surface area contributed by atoms with Crippen molar-refractivity contribution in [2.24, 2.45) is 11.8 Å². The molecule has 11 heteroatoms. The molecule has 0 rings (SSSR count). The highest BCUT2D eigenvalue weighted by Gasteiger charge is 2.27. The van der Waals surface area contributed by atoms with Gasteiger partial charge in [-0.3, -0.25) is 18.6 Å². The number of esters is 2. The number of phosphoric acid groups is 1. The molecule has 280 valence electrons. The highest BCUT2D eigenvalue weighted by atomic mass is 31.2. The molecular weight excluding hydrogens is 623 g/mol. The number of carbonyl (C=O) groups excluding carboxylic acids is 2. The Kier molecular flexibility index (Phi) is 30.3. The van der Waals surface area contributed by atoms with Gasteiger partial charge in [-0.25, -0.2) is 4.57 Å². The van der Waals surface area contributed by atoms with E-state index in [0.29, 0.717) is 12.8 Å². The molecule has 0 amide bonds. The molecule has 0 aromatic carbocycles. The Hall–Kier alpha value is -1.03. The Morgan fingerprint density at radius 3 is 1.57 bits per heavy atom. The Labute approximate surface area is 286 Å². The Bertz CT molecular complexity index is 794. The number of unbranched alkanes of at least 4 members (excludes halogenated alkanes) is 15. The van der Waals surface area contributed by atoms with Crippen LogP contribution in [0.25, 0.3) is 0 Å². The van der Waals surface area contributed by atoms with Gasteiger partial charge in [0.05, 0.1) is 19.8 Å². The predicted octanol–water partition coefficient (Wildman–Crippen LogP) is 8.82. The maximum absolute atomic E-state index is 12.5. The highest BCUT2D eigenvalue weighted by molar-refractivity contribution is 7.47. The fourth-order valence-corrected chi connectivity index (χ4v) is 5.94. The molecule has 4 atom stereocenters. The molecule has 2 unspecified atom stereocenters. The third kappa shape index (κ3) is 32.0. The molecular formula is C36H71O10P. The summed E-state index contributed by atoms with van der Waals surface area (Å²) in [6, 6.07) is 0. The van der Waals surface area contributed by atoms with Crippen LogP contribution in [0.15, 0.2) is 0 Å². The first-order valence-corrected chi connectivity index (χ1v) is 20.2. The Morgan fingerprint density at radius 1 is 0.638 bits per heavy atom. The molecule has 0 aliphatic carbocycles. The van der Waals surface area contributed by atoms with Gasteiger partial charge in [0.15, 0.2) is 6.10 Å². The second-order valence-corrected chi connectivity index (χ2v) is 15.1. The summed E-state index contributed by atoms with van der Waals surface area (Å²) in [5.74, 6) is 0.651. The molecule has 0 fully saturated rings. The van der Waals surface area contributed by atoms with Crippen LogP contribution in [0.4, 0.5) is 0 Å². The van der Waals surface area contributed by atoms with Crippen molar-refractivity contribution in [1.82, 2.24) is 0 Å². The second kappa shape index (κ2) is 31.0. The lowest BCUT2D eigenvalue weighted by atomic mass is 10.00. The number of aliphatic hydroxyl groups is 2. The molecule has 10 nitrogen and oxygen atoms in total.